The predicted molar refractivity (Wildman–Crippen MR) is 130 cm³/mol. The average molecular weight is 442 g/mol. The topological polar surface area (TPSA) is 38.1 Å². The van der Waals surface area contributed by atoms with Crippen molar-refractivity contribution in [2.24, 2.45) is 0 Å². The zero-order valence-electron chi connectivity index (χ0n) is 19.5. The Morgan fingerprint density at radius 2 is 1.64 bits per heavy atom. The Bertz CT molecular complexity index is 1340. The third-order valence-corrected chi connectivity index (χ3v) is 7.15. The van der Waals surface area contributed by atoms with Gasteiger partial charge in [-0.2, -0.15) is 0 Å². The van der Waals surface area contributed by atoms with E-state index in [1.807, 2.05) is 18.2 Å². The maximum absolute atomic E-state index is 13.4. The van der Waals surface area contributed by atoms with Crippen LogP contribution >= 0.6 is 0 Å². The summed E-state index contributed by atoms with van der Waals surface area (Å²) >= 11 is 0. The number of fused-ring (bicyclic) bond motifs is 1. The van der Waals surface area contributed by atoms with Crippen molar-refractivity contribution in [3.05, 3.63) is 94.1 Å². The van der Waals surface area contributed by atoms with Crippen LogP contribution in [0.25, 0.3) is 11.0 Å². The van der Waals surface area contributed by atoms with E-state index >= 15 is 0 Å². The fourth-order valence-electron chi connectivity index (χ4n) is 5.02. The van der Waals surface area contributed by atoms with Gasteiger partial charge in [-0.15, -0.1) is 0 Å². The standard InChI is InChI=1S/C28H28FN3O/c1-17-13-18(2)20(4)24(19(17)3)16-32-26-8-6-5-7-25(26)30-28(32)21-14-27(33)31(15-21)23-11-9-22(29)10-12-23/h5-13,21H,14-16H2,1-4H3/t21-/m1/s1. The van der Waals surface area contributed by atoms with Crippen molar-refractivity contribution in [1.82, 2.24) is 9.55 Å². The Morgan fingerprint density at radius 1 is 0.970 bits per heavy atom. The summed E-state index contributed by atoms with van der Waals surface area (Å²) in [6.07, 6.45) is 0.394. The number of aryl methyl sites for hydroxylation is 2. The molecule has 0 saturated carbocycles. The third kappa shape index (κ3) is 3.71. The molecule has 33 heavy (non-hydrogen) atoms. The number of anilines is 1. The monoisotopic (exact) mass is 441 g/mol. The molecule has 1 amide bonds. The van der Waals surface area contributed by atoms with Gasteiger partial charge in [0.25, 0.3) is 0 Å². The zero-order valence-corrected chi connectivity index (χ0v) is 19.5. The van der Waals surface area contributed by atoms with Crippen molar-refractivity contribution < 1.29 is 9.18 Å². The molecule has 1 aliphatic rings. The SMILES string of the molecule is Cc1cc(C)c(C)c(Cn2c([C@@H]3CC(=O)N(c4ccc(F)cc4)C3)nc3ccccc32)c1C. The second-order valence-corrected chi connectivity index (χ2v) is 9.17. The molecule has 2 heterocycles. The largest absolute Gasteiger partial charge is 0.323 e. The molecule has 5 rings (SSSR count). The highest BCUT2D eigenvalue weighted by Crippen LogP contribution is 2.34. The van der Waals surface area contributed by atoms with Gasteiger partial charge in [0.2, 0.25) is 5.91 Å². The van der Waals surface area contributed by atoms with Crippen molar-refractivity contribution in [3.63, 3.8) is 0 Å². The molecule has 1 saturated heterocycles. The van der Waals surface area contributed by atoms with Crippen LogP contribution in [0.5, 0.6) is 0 Å². The Hall–Kier alpha value is -3.47. The minimum Gasteiger partial charge on any atom is -0.323 e. The van der Waals surface area contributed by atoms with Gasteiger partial charge in [-0.3, -0.25) is 4.79 Å². The zero-order chi connectivity index (χ0) is 23.3. The molecular weight excluding hydrogens is 413 g/mol. The molecule has 0 spiro atoms. The maximum atomic E-state index is 13.4. The number of nitrogens with zero attached hydrogens (tertiary/aromatic N) is 3. The number of halogens is 1. The minimum absolute atomic E-state index is 0.0264. The number of carbonyl (C=O) groups excluding carboxylic acids is 1. The van der Waals surface area contributed by atoms with E-state index in [4.69, 9.17) is 4.98 Å². The lowest BCUT2D eigenvalue weighted by atomic mass is 9.94. The van der Waals surface area contributed by atoms with Crippen molar-refractivity contribution in [2.75, 3.05) is 11.4 Å². The van der Waals surface area contributed by atoms with Crippen LogP contribution in [-0.2, 0) is 11.3 Å². The van der Waals surface area contributed by atoms with E-state index in [1.54, 1.807) is 17.0 Å². The van der Waals surface area contributed by atoms with Crippen LogP contribution in [0.4, 0.5) is 10.1 Å². The molecule has 1 fully saturated rings. The summed E-state index contributed by atoms with van der Waals surface area (Å²) in [5.41, 5.74) is 9.26. The smallest absolute Gasteiger partial charge is 0.227 e. The van der Waals surface area contributed by atoms with Crippen LogP contribution in [0.2, 0.25) is 0 Å². The maximum Gasteiger partial charge on any atom is 0.227 e. The van der Waals surface area contributed by atoms with E-state index in [0.717, 1.165) is 29.1 Å². The van der Waals surface area contributed by atoms with Crippen molar-refractivity contribution in [2.45, 2.75) is 46.6 Å². The van der Waals surface area contributed by atoms with Crippen LogP contribution in [0.15, 0.2) is 54.6 Å². The van der Waals surface area contributed by atoms with Gasteiger partial charge in [0, 0.05) is 31.1 Å². The van der Waals surface area contributed by atoms with Crippen LogP contribution in [0.1, 0.15) is 46.0 Å². The van der Waals surface area contributed by atoms with Gasteiger partial charge in [-0.1, -0.05) is 18.2 Å². The molecule has 3 aromatic carbocycles. The van der Waals surface area contributed by atoms with E-state index in [1.165, 1.54) is 39.9 Å². The van der Waals surface area contributed by atoms with Crippen LogP contribution in [-0.4, -0.2) is 22.0 Å². The highest BCUT2D eigenvalue weighted by atomic mass is 19.1. The number of para-hydroxylation sites is 2. The van der Waals surface area contributed by atoms with Crippen LogP contribution in [0, 0.1) is 33.5 Å². The van der Waals surface area contributed by atoms with E-state index < -0.39 is 0 Å². The Morgan fingerprint density at radius 3 is 2.33 bits per heavy atom. The summed E-state index contributed by atoms with van der Waals surface area (Å²) in [4.78, 5) is 19.7. The Labute approximate surface area is 193 Å². The number of aromatic nitrogens is 2. The summed E-state index contributed by atoms with van der Waals surface area (Å²) < 4.78 is 15.7. The fraction of sp³-hybridized carbons (Fsp3) is 0.286. The first-order chi connectivity index (χ1) is 15.8. The van der Waals surface area contributed by atoms with Gasteiger partial charge >= 0.3 is 0 Å². The molecule has 5 heteroatoms. The molecule has 1 atom stereocenters. The lowest BCUT2D eigenvalue weighted by Gasteiger charge is -2.20. The van der Waals surface area contributed by atoms with Crippen molar-refractivity contribution >= 4 is 22.6 Å². The van der Waals surface area contributed by atoms with Gasteiger partial charge in [-0.25, -0.2) is 9.37 Å². The van der Waals surface area contributed by atoms with Crippen LogP contribution < -0.4 is 4.90 Å². The molecule has 1 aliphatic heterocycles. The normalized spacial score (nSPS) is 16.2. The number of amides is 1. The van der Waals surface area contributed by atoms with E-state index in [9.17, 15) is 9.18 Å². The van der Waals surface area contributed by atoms with Gasteiger partial charge in [-0.05, 0) is 91.9 Å². The summed E-state index contributed by atoms with van der Waals surface area (Å²) in [5, 5.41) is 0. The van der Waals surface area contributed by atoms with E-state index in [-0.39, 0.29) is 17.6 Å². The first kappa shape index (κ1) is 21.4. The van der Waals surface area contributed by atoms with E-state index in [0.29, 0.717) is 13.0 Å². The molecular formula is C28H28FN3O. The first-order valence-electron chi connectivity index (χ1n) is 11.4. The number of hydrogen-bond acceptors (Lipinski definition) is 2. The Kier molecular flexibility index (Phi) is 5.28. The number of carbonyl (C=O) groups is 1. The number of rotatable bonds is 4. The summed E-state index contributed by atoms with van der Waals surface area (Å²) in [6, 6.07) is 16.6. The molecule has 0 bridgehead atoms. The second-order valence-electron chi connectivity index (χ2n) is 9.17. The van der Waals surface area contributed by atoms with Crippen molar-refractivity contribution in [3.8, 4) is 0 Å². The third-order valence-electron chi connectivity index (χ3n) is 7.15. The summed E-state index contributed by atoms with van der Waals surface area (Å²) in [6.45, 7) is 9.95. The minimum atomic E-state index is -0.303. The summed E-state index contributed by atoms with van der Waals surface area (Å²) in [7, 11) is 0. The van der Waals surface area contributed by atoms with Gasteiger partial charge in [0.05, 0.1) is 11.0 Å². The first-order valence-corrected chi connectivity index (χ1v) is 11.4. The highest BCUT2D eigenvalue weighted by molar-refractivity contribution is 5.96. The number of benzene rings is 3. The van der Waals surface area contributed by atoms with Crippen molar-refractivity contribution in [1.29, 1.82) is 0 Å². The quantitative estimate of drug-likeness (QED) is 0.391. The predicted octanol–water partition coefficient (Wildman–Crippen LogP) is 5.98. The molecule has 0 unspecified atom stereocenters. The van der Waals surface area contributed by atoms with E-state index in [2.05, 4.69) is 44.4 Å². The van der Waals surface area contributed by atoms with Crippen LogP contribution in [0.3, 0.4) is 0 Å². The van der Waals surface area contributed by atoms with Gasteiger partial charge < -0.3 is 9.47 Å². The molecule has 1 aromatic heterocycles. The lowest BCUT2D eigenvalue weighted by molar-refractivity contribution is -0.117. The fourth-order valence-corrected chi connectivity index (χ4v) is 5.02. The van der Waals surface area contributed by atoms with Gasteiger partial charge in [0.15, 0.2) is 0 Å². The Balaban J connectivity index is 1.57. The molecule has 0 aliphatic carbocycles. The summed E-state index contributed by atoms with van der Waals surface area (Å²) in [5.74, 6) is 0.653. The molecule has 168 valence electrons. The molecule has 4 nitrogen and oxygen atoms in total. The molecule has 0 N–H and O–H groups in total. The lowest BCUT2D eigenvalue weighted by Crippen LogP contribution is -2.24. The highest BCUT2D eigenvalue weighted by Gasteiger charge is 2.35. The number of hydrogen-bond donors (Lipinski definition) is 0. The second kappa shape index (κ2) is 8.14. The molecule has 0 radical (unpaired) electrons. The average Bonchev–Trinajstić information content (AvgIpc) is 3.36. The molecule has 4 aromatic rings. The van der Waals surface area contributed by atoms with Gasteiger partial charge in [0.1, 0.15) is 11.6 Å². The number of imidazole rings is 1.